The number of nitrogens with two attached hydrogens (primary N) is 1. The van der Waals surface area contributed by atoms with Gasteiger partial charge in [-0.15, -0.1) is 0 Å². The Balaban J connectivity index is 2.00. The molecule has 86 valence electrons. The molecule has 1 aliphatic rings. The molecule has 3 nitrogen and oxygen atoms in total. The maximum atomic E-state index is 12.0. The Morgan fingerprint density at radius 2 is 2.25 bits per heavy atom. The van der Waals surface area contributed by atoms with Gasteiger partial charge in [-0.2, -0.15) is 0 Å². The van der Waals surface area contributed by atoms with Crippen molar-refractivity contribution in [1.29, 1.82) is 0 Å². The van der Waals surface area contributed by atoms with Crippen LogP contribution in [-0.4, -0.2) is 29.9 Å². The minimum atomic E-state index is 0.156. The Morgan fingerprint density at radius 1 is 1.50 bits per heavy atom. The summed E-state index contributed by atoms with van der Waals surface area (Å²) in [7, 11) is 0. The number of nitrogens with zero attached hydrogens (tertiary/aromatic N) is 1. The molecule has 1 aromatic carbocycles. The molecule has 0 bridgehead atoms. The van der Waals surface area contributed by atoms with Crippen LogP contribution in [0.5, 0.6) is 0 Å². The van der Waals surface area contributed by atoms with Gasteiger partial charge in [-0.05, 0) is 18.1 Å². The molecule has 0 spiro atoms. The summed E-state index contributed by atoms with van der Waals surface area (Å²) in [5.74, 6) is 0.167. The molecule has 4 heteroatoms. The van der Waals surface area contributed by atoms with E-state index in [2.05, 4.69) is 15.9 Å². The predicted octanol–water partition coefficient (Wildman–Crippen LogP) is 1.55. The molecule has 0 aliphatic carbocycles. The van der Waals surface area contributed by atoms with Crippen LogP contribution in [0, 0.1) is 0 Å². The Morgan fingerprint density at radius 3 is 2.88 bits per heavy atom. The van der Waals surface area contributed by atoms with Crippen LogP contribution in [0.3, 0.4) is 0 Å². The summed E-state index contributed by atoms with van der Waals surface area (Å²) in [6, 6.07) is 7.98. The number of halogens is 1. The van der Waals surface area contributed by atoms with E-state index >= 15 is 0 Å². The van der Waals surface area contributed by atoms with Crippen LogP contribution in [-0.2, 0) is 11.2 Å². The molecular weight excluding hydrogens is 268 g/mol. The number of hydrogen-bond acceptors (Lipinski definition) is 2. The molecule has 1 heterocycles. The van der Waals surface area contributed by atoms with Gasteiger partial charge in [0, 0.05) is 23.6 Å². The quantitative estimate of drug-likeness (QED) is 0.895. The van der Waals surface area contributed by atoms with Crippen molar-refractivity contribution in [3.05, 3.63) is 34.3 Å². The fourth-order valence-corrected chi connectivity index (χ4v) is 2.36. The second-order valence-electron chi connectivity index (χ2n) is 4.16. The lowest BCUT2D eigenvalue weighted by atomic mass is 10.1. The molecule has 1 fully saturated rings. The highest BCUT2D eigenvalue weighted by Crippen LogP contribution is 2.18. The van der Waals surface area contributed by atoms with Crippen molar-refractivity contribution in [2.45, 2.75) is 18.9 Å². The van der Waals surface area contributed by atoms with Gasteiger partial charge in [0.2, 0.25) is 5.91 Å². The van der Waals surface area contributed by atoms with Crippen LogP contribution in [0.4, 0.5) is 0 Å². The molecule has 0 saturated carbocycles. The monoisotopic (exact) mass is 282 g/mol. The van der Waals surface area contributed by atoms with Gasteiger partial charge in [-0.25, -0.2) is 0 Å². The summed E-state index contributed by atoms with van der Waals surface area (Å²) in [6.07, 6.45) is 1.37. The summed E-state index contributed by atoms with van der Waals surface area (Å²) in [5.41, 5.74) is 6.82. The van der Waals surface area contributed by atoms with Gasteiger partial charge >= 0.3 is 0 Å². The van der Waals surface area contributed by atoms with E-state index in [-0.39, 0.29) is 11.9 Å². The van der Waals surface area contributed by atoms with Gasteiger partial charge in [0.05, 0.1) is 6.42 Å². The molecular formula is C12H15BrN2O. The van der Waals surface area contributed by atoms with Crippen molar-refractivity contribution >= 4 is 21.8 Å². The van der Waals surface area contributed by atoms with Gasteiger partial charge in [0.25, 0.3) is 0 Å². The minimum Gasteiger partial charge on any atom is -0.341 e. The zero-order chi connectivity index (χ0) is 11.5. The van der Waals surface area contributed by atoms with Crippen molar-refractivity contribution in [3.63, 3.8) is 0 Å². The maximum Gasteiger partial charge on any atom is 0.227 e. The highest BCUT2D eigenvalue weighted by atomic mass is 79.9. The molecule has 0 unspecified atom stereocenters. The van der Waals surface area contributed by atoms with E-state index in [1.54, 1.807) is 0 Å². The normalized spacial score (nSPS) is 20.1. The average Bonchev–Trinajstić information content (AvgIpc) is 2.68. The number of rotatable bonds is 2. The van der Waals surface area contributed by atoms with Gasteiger partial charge in [0.1, 0.15) is 0 Å². The smallest absolute Gasteiger partial charge is 0.227 e. The van der Waals surface area contributed by atoms with E-state index in [1.165, 1.54) is 0 Å². The second-order valence-corrected chi connectivity index (χ2v) is 5.01. The molecule has 1 atom stereocenters. The Labute approximate surface area is 104 Å². The summed E-state index contributed by atoms with van der Waals surface area (Å²) < 4.78 is 0.992. The van der Waals surface area contributed by atoms with Crippen LogP contribution in [0.15, 0.2) is 28.7 Å². The highest BCUT2D eigenvalue weighted by Gasteiger charge is 2.23. The van der Waals surface area contributed by atoms with Crippen molar-refractivity contribution in [3.8, 4) is 0 Å². The number of carbonyl (C=O) groups excluding carboxylic acids is 1. The maximum absolute atomic E-state index is 12.0. The molecule has 1 saturated heterocycles. The van der Waals surface area contributed by atoms with Gasteiger partial charge in [0.15, 0.2) is 0 Å². The fourth-order valence-electron chi connectivity index (χ4n) is 1.93. The van der Waals surface area contributed by atoms with Gasteiger partial charge < -0.3 is 10.6 Å². The Hall–Kier alpha value is -0.870. The topological polar surface area (TPSA) is 46.3 Å². The summed E-state index contributed by atoms with van der Waals surface area (Å²) in [4.78, 5) is 13.8. The van der Waals surface area contributed by atoms with Crippen LogP contribution < -0.4 is 5.73 Å². The first-order valence-electron chi connectivity index (χ1n) is 5.43. The number of likely N-dealkylation sites (tertiary alicyclic amines) is 1. The lowest BCUT2D eigenvalue weighted by Crippen LogP contribution is -2.32. The van der Waals surface area contributed by atoms with Crippen molar-refractivity contribution in [1.82, 2.24) is 4.90 Å². The molecule has 2 rings (SSSR count). The van der Waals surface area contributed by atoms with Crippen molar-refractivity contribution in [2.75, 3.05) is 13.1 Å². The van der Waals surface area contributed by atoms with E-state index in [1.807, 2.05) is 29.2 Å². The lowest BCUT2D eigenvalue weighted by Gasteiger charge is -2.16. The standard InChI is InChI=1S/C12H15BrN2O/c13-11-4-2-1-3-9(11)7-12(16)15-6-5-10(14)8-15/h1-4,10H,5-8,14H2/t10-/m1/s1. The first-order chi connectivity index (χ1) is 7.66. The molecule has 2 N–H and O–H groups in total. The zero-order valence-corrected chi connectivity index (χ0v) is 10.6. The SMILES string of the molecule is N[C@@H]1CCN(C(=O)Cc2ccccc2Br)C1. The largest absolute Gasteiger partial charge is 0.341 e. The highest BCUT2D eigenvalue weighted by molar-refractivity contribution is 9.10. The van der Waals surface area contributed by atoms with E-state index < -0.39 is 0 Å². The third-order valence-electron chi connectivity index (χ3n) is 2.88. The fraction of sp³-hybridized carbons (Fsp3) is 0.417. The van der Waals surface area contributed by atoms with E-state index in [4.69, 9.17) is 5.73 Å². The van der Waals surface area contributed by atoms with Crippen molar-refractivity contribution < 1.29 is 4.79 Å². The number of carbonyl (C=O) groups is 1. The van der Waals surface area contributed by atoms with Crippen LogP contribution in [0.25, 0.3) is 0 Å². The van der Waals surface area contributed by atoms with E-state index in [9.17, 15) is 4.79 Å². The minimum absolute atomic E-state index is 0.156. The Bertz CT molecular complexity index is 394. The number of hydrogen-bond donors (Lipinski definition) is 1. The van der Waals surface area contributed by atoms with Gasteiger partial charge in [-0.1, -0.05) is 34.1 Å². The first-order valence-corrected chi connectivity index (χ1v) is 6.23. The third kappa shape index (κ3) is 2.62. The molecule has 1 aromatic rings. The molecule has 1 aliphatic heterocycles. The lowest BCUT2D eigenvalue weighted by molar-refractivity contribution is -0.129. The van der Waals surface area contributed by atoms with Crippen molar-refractivity contribution in [2.24, 2.45) is 5.73 Å². The summed E-state index contributed by atoms with van der Waals surface area (Å²) in [6.45, 7) is 1.49. The molecule has 0 aromatic heterocycles. The first kappa shape index (κ1) is 11.6. The Kier molecular flexibility index (Phi) is 3.61. The van der Waals surface area contributed by atoms with E-state index in [0.717, 1.165) is 23.0 Å². The number of benzene rings is 1. The second kappa shape index (κ2) is 4.97. The zero-order valence-electron chi connectivity index (χ0n) is 9.03. The predicted molar refractivity (Wildman–Crippen MR) is 67.0 cm³/mol. The molecule has 16 heavy (non-hydrogen) atoms. The van der Waals surface area contributed by atoms with Crippen LogP contribution in [0.1, 0.15) is 12.0 Å². The van der Waals surface area contributed by atoms with Crippen LogP contribution >= 0.6 is 15.9 Å². The molecule has 1 amide bonds. The third-order valence-corrected chi connectivity index (χ3v) is 3.65. The number of amides is 1. The summed E-state index contributed by atoms with van der Waals surface area (Å²) in [5, 5.41) is 0. The summed E-state index contributed by atoms with van der Waals surface area (Å²) >= 11 is 3.45. The van der Waals surface area contributed by atoms with E-state index in [0.29, 0.717) is 13.0 Å². The average molecular weight is 283 g/mol. The van der Waals surface area contributed by atoms with Crippen LogP contribution in [0.2, 0.25) is 0 Å². The van der Waals surface area contributed by atoms with Gasteiger partial charge in [-0.3, -0.25) is 4.79 Å². The molecule has 0 radical (unpaired) electrons.